The second-order valence-corrected chi connectivity index (χ2v) is 19.5. The Morgan fingerprint density at radius 3 is 2.15 bits per heavy atom. The van der Waals surface area contributed by atoms with Gasteiger partial charge in [-0.2, -0.15) is 11.8 Å². The summed E-state index contributed by atoms with van der Waals surface area (Å²) in [6.45, 7) is 0. The van der Waals surface area contributed by atoms with Crippen LogP contribution in [0.5, 0.6) is 0 Å². The van der Waals surface area contributed by atoms with Gasteiger partial charge in [0, 0.05) is 56.6 Å². The van der Waals surface area contributed by atoms with E-state index in [0.29, 0.717) is 5.92 Å². The first-order valence-corrected chi connectivity index (χ1v) is 22.7. The van der Waals surface area contributed by atoms with Crippen LogP contribution in [-0.4, -0.2) is 48.1 Å². The number of para-hydroxylation sites is 1. The molecule has 4 aromatic carbocycles. The van der Waals surface area contributed by atoms with Gasteiger partial charge in [-0.15, -0.1) is 0 Å². The molecule has 55 heavy (non-hydrogen) atoms. The van der Waals surface area contributed by atoms with Crippen molar-refractivity contribution in [3.63, 3.8) is 0 Å². The highest BCUT2D eigenvalue weighted by Gasteiger charge is 2.61. The SMILES string of the molecule is c1ccc(-c2cc(-n3c4ccccc4c4cc(C5CCC6C7C5CCCC7C5CCCC7SC8CCCCC8N6C75)ccc43)nc(-c3ccccc3)n2)cc1. The minimum atomic E-state index is 0.654. The fourth-order valence-electron chi connectivity index (χ4n) is 13.5. The maximum absolute atomic E-state index is 5.30. The van der Waals surface area contributed by atoms with Crippen LogP contribution < -0.4 is 0 Å². The number of fused-ring (bicyclic) bond motifs is 7. The van der Waals surface area contributed by atoms with Crippen molar-refractivity contribution in [2.75, 3.05) is 0 Å². The summed E-state index contributed by atoms with van der Waals surface area (Å²) >= 11 is 2.47. The Kier molecular flexibility index (Phi) is 8.06. The van der Waals surface area contributed by atoms with Crippen molar-refractivity contribution in [1.29, 1.82) is 0 Å². The standard InChI is InChI=1S/C50H52N4S/c1-3-13-31(14-4-1)40-30-47(52-50(51-40)32-15-5-2-6-16-32)53-41-21-8-7-17-35(41)39-29-33(25-27-42(39)53)34-26-28-44-48-36(34)18-11-19-37(48)38-20-12-24-46-49(38)54(44)43-22-9-10-23-45(43)55-46/h1-8,13-17,21,25,27,29-30,34,36-38,43-46,48-49H,9-12,18-20,22-24,26,28H2. The molecule has 6 aliphatic rings. The number of aromatic nitrogens is 3. The van der Waals surface area contributed by atoms with Crippen LogP contribution in [0.1, 0.15) is 88.5 Å². The minimum Gasteiger partial charge on any atom is -0.294 e. The van der Waals surface area contributed by atoms with E-state index in [1.54, 1.807) is 5.56 Å². The second-order valence-electron chi connectivity index (χ2n) is 18.0. The molecule has 4 aliphatic carbocycles. The Hall–Kier alpha value is -3.93. The molecule has 0 amide bonds. The number of thioether (sulfide) groups is 1. The first-order valence-electron chi connectivity index (χ1n) is 21.7. The molecule has 10 atom stereocenters. The number of hydrogen-bond acceptors (Lipinski definition) is 4. The predicted octanol–water partition coefficient (Wildman–Crippen LogP) is 12.1. The van der Waals surface area contributed by atoms with E-state index in [2.05, 4.69) is 130 Å². The van der Waals surface area contributed by atoms with E-state index in [-0.39, 0.29) is 0 Å². The molecule has 4 heterocycles. The van der Waals surface area contributed by atoms with Crippen LogP contribution in [0, 0.1) is 23.7 Å². The third-order valence-electron chi connectivity index (χ3n) is 15.5. The van der Waals surface area contributed by atoms with Gasteiger partial charge in [-0.1, -0.05) is 111 Å². The zero-order valence-electron chi connectivity index (χ0n) is 31.8. The molecule has 5 heteroatoms. The number of piperidine rings is 1. The van der Waals surface area contributed by atoms with Crippen LogP contribution in [0.3, 0.4) is 0 Å². The van der Waals surface area contributed by atoms with Crippen LogP contribution >= 0.6 is 11.8 Å². The van der Waals surface area contributed by atoms with E-state index in [1.165, 1.54) is 98.9 Å². The normalized spacial score (nSPS) is 32.8. The van der Waals surface area contributed by atoms with Crippen LogP contribution in [0.2, 0.25) is 0 Å². The van der Waals surface area contributed by atoms with Crippen molar-refractivity contribution in [3.8, 4) is 28.5 Å². The lowest BCUT2D eigenvalue weighted by Gasteiger charge is -2.68. The molecule has 0 N–H and O–H groups in total. The average Bonchev–Trinajstić information content (AvgIpc) is 3.59. The van der Waals surface area contributed by atoms with Crippen molar-refractivity contribution in [2.45, 2.75) is 112 Å². The highest BCUT2D eigenvalue weighted by atomic mass is 32.2. The van der Waals surface area contributed by atoms with Gasteiger partial charge < -0.3 is 0 Å². The molecule has 4 saturated carbocycles. The van der Waals surface area contributed by atoms with E-state index in [9.17, 15) is 0 Å². The quantitative estimate of drug-likeness (QED) is 0.180. The van der Waals surface area contributed by atoms with Crippen LogP contribution in [-0.2, 0) is 0 Å². The summed E-state index contributed by atoms with van der Waals surface area (Å²) in [4.78, 5) is 13.7. The van der Waals surface area contributed by atoms with E-state index >= 15 is 0 Å². The van der Waals surface area contributed by atoms with Gasteiger partial charge in [-0.05, 0) is 105 Å². The molecule has 2 saturated heterocycles. The molecular weight excluding hydrogens is 689 g/mol. The Labute approximate surface area is 330 Å². The minimum absolute atomic E-state index is 0.654. The fraction of sp³-hybridized carbons (Fsp3) is 0.440. The highest BCUT2D eigenvalue weighted by molar-refractivity contribution is 8.00. The number of rotatable bonds is 4. The lowest BCUT2D eigenvalue weighted by atomic mass is 9.51. The molecule has 2 aliphatic heterocycles. The maximum atomic E-state index is 5.30. The number of benzene rings is 4. The lowest BCUT2D eigenvalue weighted by Crippen LogP contribution is -2.72. The van der Waals surface area contributed by atoms with E-state index < -0.39 is 0 Å². The smallest absolute Gasteiger partial charge is 0.162 e. The van der Waals surface area contributed by atoms with Gasteiger partial charge in [-0.25, -0.2) is 9.97 Å². The molecule has 0 bridgehead atoms. The molecular formula is C50H52N4S. The van der Waals surface area contributed by atoms with Gasteiger partial charge in [0.25, 0.3) is 0 Å². The largest absolute Gasteiger partial charge is 0.294 e. The van der Waals surface area contributed by atoms with Crippen LogP contribution in [0.25, 0.3) is 50.3 Å². The predicted molar refractivity (Wildman–Crippen MR) is 228 cm³/mol. The van der Waals surface area contributed by atoms with E-state index in [1.807, 2.05) is 0 Å². The maximum Gasteiger partial charge on any atom is 0.162 e. The molecule has 2 aromatic heterocycles. The summed E-state index contributed by atoms with van der Waals surface area (Å²) in [7, 11) is 0. The molecule has 4 nitrogen and oxygen atoms in total. The van der Waals surface area contributed by atoms with Crippen molar-refractivity contribution in [3.05, 3.63) is 115 Å². The van der Waals surface area contributed by atoms with Gasteiger partial charge in [0.1, 0.15) is 5.82 Å². The average molecular weight is 741 g/mol. The Morgan fingerprint density at radius 1 is 0.527 bits per heavy atom. The molecule has 12 rings (SSSR count). The summed E-state index contributed by atoms with van der Waals surface area (Å²) in [6, 6.07) is 42.4. The summed E-state index contributed by atoms with van der Waals surface area (Å²) < 4.78 is 2.40. The summed E-state index contributed by atoms with van der Waals surface area (Å²) in [5, 5.41) is 4.48. The molecule has 6 fully saturated rings. The summed E-state index contributed by atoms with van der Waals surface area (Å²) in [6.07, 6.45) is 17.4. The third-order valence-corrected chi connectivity index (χ3v) is 17.3. The number of nitrogens with zero attached hydrogens (tertiary/aromatic N) is 4. The lowest BCUT2D eigenvalue weighted by molar-refractivity contribution is -0.142. The van der Waals surface area contributed by atoms with Crippen molar-refractivity contribution < 1.29 is 0 Å². The van der Waals surface area contributed by atoms with Crippen LogP contribution in [0.4, 0.5) is 0 Å². The zero-order valence-corrected chi connectivity index (χ0v) is 32.7. The highest BCUT2D eigenvalue weighted by Crippen LogP contribution is 2.62. The molecule has 10 unspecified atom stereocenters. The molecule has 0 radical (unpaired) electrons. The first kappa shape index (κ1) is 33.2. The summed E-state index contributed by atoms with van der Waals surface area (Å²) in [5.74, 6) is 5.90. The van der Waals surface area contributed by atoms with Gasteiger partial charge >= 0.3 is 0 Å². The number of hydrogen-bond donors (Lipinski definition) is 0. The molecule has 278 valence electrons. The Bertz CT molecular complexity index is 2310. The van der Waals surface area contributed by atoms with E-state index in [0.717, 1.165) is 80.8 Å². The van der Waals surface area contributed by atoms with Crippen molar-refractivity contribution >= 4 is 33.6 Å². The second kappa shape index (κ2) is 13.3. The Morgan fingerprint density at radius 2 is 1.25 bits per heavy atom. The van der Waals surface area contributed by atoms with Gasteiger partial charge in [0.05, 0.1) is 16.7 Å². The fourth-order valence-corrected chi connectivity index (χ4v) is 15.5. The topological polar surface area (TPSA) is 34.0 Å². The third kappa shape index (κ3) is 5.28. The molecule has 0 spiro atoms. The van der Waals surface area contributed by atoms with E-state index in [4.69, 9.17) is 9.97 Å². The summed E-state index contributed by atoms with van der Waals surface area (Å²) in [5.41, 5.74) is 7.12. The van der Waals surface area contributed by atoms with Gasteiger partial charge in [0.2, 0.25) is 0 Å². The van der Waals surface area contributed by atoms with Gasteiger partial charge in [0.15, 0.2) is 5.82 Å². The Balaban J connectivity index is 0.958. The molecule has 6 aromatic rings. The monoisotopic (exact) mass is 740 g/mol. The van der Waals surface area contributed by atoms with Crippen LogP contribution in [0.15, 0.2) is 109 Å². The van der Waals surface area contributed by atoms with Crippen molar-refractivity contribution in [2.24, 2.45) is 23.7 Å². The van der Waals surface area contributed by atoms with Gasteiger partial charge in [-0.3, -0.25) is 9.47 Å². The zero-order chi connectivity index (χ0) is 36.0. The van der Waals surface area contributed by atoms with Crippen molar-refractivity contribution in [1.82, 2.24) is 19.4 Å². The first-order chi connectivity index (χ1) is 27.3.